The molecule has 2 aromatic rings. The van der Waals surface area contributed by atoms with E-state index in [-0.39, 0.29) is 17.6 Å². The summed E-state index contributed by atoms with van der Waals surface area (Å²) in [5.41, 5.74) is 0.581. The van der Waals surface area contributed by atoms with Gasteiger partial charge in [0.15, 0.2) is 11.6 Å². The van der Waals surface area contributed by atoms with Crippen molar-refractivity contribution in [2.45, 2.75) is 44.6 Å². The molecule has 7 heteroatoms. The molecule has 1 amide bonds. The summed E-state index contributed by atoms with van der Waals surface area (Å²) < 4.78 is 26.2. The zero-order chi connectivity index (χ0) is 17.6. The van der Waals surface area contributed by atoms with Crippen molar-refractivity contribution in [2.75, 3.05) is 5.32 Å². The van der Waals surface area contributed by atoms with Crippen LogP contribution in [0.5, 0.6) is 0 Å². The summed E-state index contributed by atoms with van der Waals surface area (Å²) in [5, 5.41) is 5.86. The van der Waals surface area contributed by atoms with Crippen LogP contribution < -0.4 is 10.6 Å². The van der Waals surface area contributed by atoms with Gasteiger partial charge in [0.05, 0.1) is 0 Å². The van der Waals surface area contributed by atoms with Crippen molar-refractivity contribution < 1.29 is 13.6 Å². The summed E-state index contributed by atoms with van der Waals surface area (Å²) in [5.74, 6) is -1.78. The van der Waals surface area contributed by atoms with Gasteiger partial charge in [-0.1, -0.05) is 25.7 Å². The summed E-state index contributed by atoms with van der Waals surface area (Å²) >= 11 is 0. The second-order valence-corrected chi connectivity index (χ2v) is 6.20. The lowest BCUT2D eigenvalue weighted by Gasteiger charge is -2.16. The molecule has 2 N–H and O–H groups in total. The van der Waals surface area contributed by atoms with Crippen LogP contribution in [0, 0.1) is 11.6 Å². The Morgan fingerprint density at radius 2 is 1.76 bits per heavy atom. The molecule has 1 aliphatic carbocycles. The number of aromatic nitrogens is 2. The molecule has 0 radical (unpaired) electrons. The fourth-order valence-electron chi connectivity index (χ4n) is 2.95. The van der Waals surface area contributed by atoms with Gasteiger partial charge in [0.2, 0.25) is 0 Å². The van der Waals surface area contributed by atoms with Gasteiger partial charge in [0, 0.05) is 23.9 Å². The molecule has 1 aromatic carbocycles. The Morgan fingerprint density at radius 1 is 1.00 bits per heavy atom. The first kappa shape index (κ1) is 17.3. The minimum Gasteiger partial charge on any atom is -0.348 e. The Kier molecular flexibility index (Phi) is 5.53. The molecule has 5 nitrogen and oxygen atoms in total. The second kappa shape index (κ2) is 8.00. The van der Waals surface area contributed by atoms with Crippen LogP contribution in [0.3, 0.4) is 0 Å². The lowest BCUT2D eigenvalue weighted by Crippen LogP contribution is -2.34. The van der Waals surface area contributed by atoms with Gasteiger partial charge in [-0.2, -0.15) is 0 Å². The van der Waals surface area contributed by atoms with Gasteiger partial charge in [0.25, 0.3) is 5.91 Å². The van der Waals surface area contributed by atoms with Gasteiger partial charge in [0.1, 0.15) is 17.8 Å². The van der Waals surface area contributed by atoms with Crippen LogP contribution in [-0.2, 0) is 0 Å². The molecule has 1 aromatic heterocycles. The Labute approximate surface area is 144 Å². The highest BCUT2D eigenvalue weighted by Gasteiger charge is 2.17. The maximum Gasteiger partial charge on any atom is 0.270 e. The molecule has 1 saturated carbocycles. The zero-order valence-corrected chi connectivity index (χ0v) is 13.8. The SMILES string of the molecule is O=C(NC1CCCCCC1)c1cc(Nc2ccc(F)c(F)c2)ncn1. The van der Waals surface area contributed by atoms with E-state index < -0.39 is 11.6 Å². The third kappa shape index (κ3) is 4.71. The van der Waals surface area contributed by atoms with Crippen LogP contribution in [0.25, 0.3) is 0 Å². The van der Waals surface area contributed by atoms with E-state index in [0.29, 0.717) is 11.5 Å². The van der Waals surface area contributed by atoms with Crippen molar-refractivity contribution in [1.82, 2.24) is 15.3 Å². The first-order valence-electron chi connectivity index (χ1n) is 8.47. The van der Waals surface area contributed by atoms with Crippen LogP contribution in [0.15, 0.2) is 30.6 Å². The number of amides is 1. The van der Waals surface area contributed by atoms with Crippen LogP contribution in [0.2, 0.25) is 0 Å². The number of carbonyl (C=O) groups excluding carboxylic acids is 1. The van der Waals surface area contributed by atoms with Crippen molar-refractivity contribution in [2.24, 2.45) is 0 Å². The lowest BCUT2D eigenvalue weighted by atomic mass is 10.1. The van der Waals surface area contributed by atoms with E-state index >= 15 is 0 Å². The maximum atomic E-state index is 13.3. The highest BCUT2D eigenvalue weighted by molar-refractivity contribution is 5.93. The van der Waals surface area contributed by atoms with Crippen molar-refractivity contribution in [1.29, 1.82) is 0 Å². The van der Waals surface area contributed by atoms with E-state index in [9.17, 15) is 13.6 Å². The number of benzene rings is 1. The minimum absolute atomic E-state index is 0.174. The molecule has 132 valence electrons. The Morgan fingerprint density at radius 3 is 2.48 bits per heavy atom. The monoisotopic (exact) mass is 346 g/mol. The van der Waals surface area contributed by atoms with Crippen molar-refractivity contribution >= 4 is 17.4 Å². The Balaban J connectivity index is 1.67. The molecule has 0 atom stereocenters. The number of hydrogen-bond acceptors (Lipinski definition) is 4. The van der Waals surface area contributed by atoms with E-state index in [1.54, 1.807) is 0 Å². The van der Waals surface area contributed by atoms with Crippen molar-refractivity contribution in [3.63, 3.8) is 0 Å². The number of hydrogen-bond donors (Lipinski definition) is 2. The molecule has 0 bridgehead atoms. The standard InChI is InChI=1S/C18H20F2N4O/c19-14-8-7-13(9-15(14)20)23-17-10-16(21-11-22-17)18(25)24-12-5-3-1-2-4-6-12/h7-12H,1-6H2,(H,24,25)(H,21,22,23). The number of rotatable bonds is 4. The number of nitrogens with one attached hydrogen (secondary N) is 2. The topological polar surface area (TPSA) is 66.9 Å². The minimum atomic E-state index is -0.953. The molecular formula is C18H20F2N4O. The quantitative estimate of drug-likeness (QED) is 0.823. The fourth-order valence-corrected chi connectivity index (χ4v) is 2.95. The zero-order valence-electron chi connectivity index (χ0n) is 13.8. The largest absolute Gasteiger partial charge is 0.348 e. The van der Waals surface area contributed by atoms with Crippen LogP contribution >= 0.6 is 0 Å². The summed E-state index contributed by atoms with van der Waals surface area (Å²) in [6.07, 6.45) is 7.90. The van der Waals surface area contributed by atoms with Gasteiger partial charge in [-0.25, -0.2) is 18.7 Å². The molecule has 0 saturated heterocycles. The first-order chi connectivity index (χ1) is 12.1. The van der Waals surface area contributed by atoms with Gasteiger partial charge in [-0.3, -0.25) is 4.79 Å². The Hall–Kier alpha value is -2.57. The Bertz CT molecular complexity index is 746. The molecule has 0 aliphatic heterocycles. The normalized spacial score (nSPS) is 15.4. The maximum absolute atomic E-state index is 13.3. The average molecular weight is 346 g/mol. The van der Waals surface area contributed by atoms with Gasteiger partial charge in [-0.05, 0) is 25.0 Å². The van der Waals surface area contributed by atoms with Crippen molar-refractivity contribution in [3.05, 3.63) is 47.9 Å². The molecule has 1 aliphatic rings. The fraction of sp³-hybridized carbons (Fsp3) is 0.389. The summed E-state index contributed by atoms with van der Waals surface area (Å²) in [4.78, 5) is 20.4. The molecule has 1 fully saturated rings. The molecule has 25 heavy (non-hydrogen) atoms. The van der Waals surface area contributed by atoms with E-state index in [0.717, 1.165) is 37.8 Å². The van der Waals surface area contributed by atoms with Crippen LogP contribution in [-0.4, -0.2) is 21.9 Å². The van der Waals surface area contributed by atoms with Crippen molar-refractivity contribution in [3.8, 4) is 0 Å². The molecule has 0 spiro atoms. The van der Waals surface area contributed by atoms with Gasteiger partial charge < -0.3 is 10.6 Å². The summed E-state index contributed by atoms with van der Waals surface area (Å²) in [7, 11) is 0. The predicted molar refractivity (Wildman–Crippen MR) is 90.6 cm³/mol. The molecular weight excluding hydrogens is 326 g/mol. The highest BCUT2D eigenvalue weighted by Crippen LogP contribution is 2.19. The number of halogens is 2. The van der Waals surface area contributed by atoms with E-state index in [1.807, 2.05) is 0 Å². The highest BCUT2D eigenvalue weighted by atomic mass is 19.2. The average Bonchev–Trinajstić information content (AvgIpc) is 2.87. The molecule has 3 rings (SSSR count). The number of anilines is 2. The summed E-state index contributed by atoms with van der Waals surface area (Å²) in [6.45, 7) is 0. The second-order valence-electron chi connectivity index (χ2n) is 6.20. The molecule has 1 heterocycles. The molecule has 0 unspecified atom stereocenters. The third-order valence-electron chi connectivity index (χ3n) is 4.28. The lowest BCUT2D eigenvalue weighted by molar-refractivity contribution is 0.0928. The van der Waals surface area contributed by atoms with Crippen LogP contribution in [0.4, 0.5) is 20.3 Å². The smallest absolute Gasteiger partial charge is 0.270 e. The van der Waals surface area contributed by atoms with Crippen LogP contribution in [0.1, 0.15) is 49.0 Å². The number of carbonyl (C=O) groups is 1. The summed E-state index contributed by atoms with van der Waals surface area (Å²) in [6, 6.07) is 5.12. The first-order valence-corrected chi connectivity index (χ1v) is 8.47. The van der Waals surface area contributed by atoms with E-state index in [1.165, 1.54) is 31.3 Å². The predicted octanol–water partition coefficient (Wildman–Crippen LogP) is 3.95. The van der Waals surface area contributed by atoms with Gasteiger partial charge in [-0.15, -0.1) is 0 Å². The van der Waals surface area contributed by atoms with E-state index in [4.69, 9.17) is 0 Å². The number of nitrogens with zero attached hydrogens (tertiary/aromatic N) is 2. The third-order valence-corrected chi connectivity index (χ3v) is 4.28. The van der Waals surface area contributed by atoms with Gasteiger partial charge >= 0.3 is 0 Å². The van der Waals surface area contributed by atoms with E-state index in [2.05, 4.69) is 20.6 Å².